The molecule has 2 atom stereocenters. The number of nitrogens with zero attached hydrogens (tertiary/aromatic N) is 3. The van der Waals surface area contributed by atoms with Crippen LogP contribution in [0.4, 0.5) is 4.39 Å². The van der Waals surface area contributed by atoms with Crippen molar-refractivity contribution in [3.8, 4) is 11.1 Å². The standard InChI is InChI=1S/C26H27FN4O2/c1-29-10-11-30(24(17-29)18-6-3-2-4-7-18)25(32)14-22-15-28-26(33)23-13-20(16-31(22)23)19-8-5-9-21(27)12-19/h2-9,12-13,16,22,24H,10-11,14-15,17H2,1H3,(H,28,33)/t22-,24+/m0/s1. The summed E-state index contributed by atoms with van der Waals surface area (Å²) >= 11 is 0. The zero-order valence-corrected chi connectivity index (χ0v) is 18.6. The van der Waals surface area contributed by atoms with E-state index in [9.17, 15) is 14.0 Å². The van der Waals surface area contributed by atoms with E-state index in [1.807, 2.05) is 39.9 Å². The molecule has 2 aromatic carbocycles. The monoisotopic (exact) mass is 446 g/mol. The average Bonchev–Trinajstić information content (AvgIpc) is 3.28. The Hall–Kier alpha value is -3.45. The Bertz CT molecular complexity index is 1180. The number of fused-ring (bicyclic) bond motifs is 1. The molecule has 0 aliphatic carbocycles. The maximum atomic E-state index is 13.7. The first kappa shape index (κ1) is 21.4. The van der Waals surface area contributed by atoms with E-state index in [4.69, 9.17) is 0 Å². The highest BCUT2D eigenvalue weighted by Gasteiger charge is 2.33. The van der Waals surface area contributed by atoms with Gasteiger partial charge in [0.2, 0.25) is 5.91 Å². The van der Waals surface area contributed by atoms with Crippen molar-refractivity contribution in [1.29, 1.82) is 0 Å². The minimum atomic E-state index is -0.324. The number of amides is 2. The summed E-state index contributed by atoms with van der Waals surface area (Å²) < 4.78 is 15.6. The maximum Gasteiger partial charge on any atom is 0.268 e. The molecular weight excluding hydrogens is 419 g/mol. The van der Waals surface area contributed by atoms with Gasteiger partial charge in [-0.05, 0) is 36.4 Å². The molecule has 2 aliphatic rings. The molecule has 3 heterocycles. The maximum absolute atomic E-state index is 13.7. The number of hydrogen-bond acceptors (Lipinski definition) is 3. The van der Waals surface area contributed by atoms with Crippen molar-refractivity contribution in [2.75, 3.05) is 33.2 Å². The fourth-order valence-corrected chi connectivity index (χ4v) is 4.86. The van der Waals surface area contributed by atoms with Crippen LogP contribution >= 0.6 is 0 Å². The second-order valence-electron chi connectivity index (χ2n) is 8.88. The molecule has 0 bridgehead atoms. The summed E-state index contributed by atoms with van der Waals surface area (Å²) in [6.07, 6.45) is 2.15. The van der Waals surface area contributed by atoms with Gasteiger partial charge in [0.1, 0.15) is 11.5 Å². The Morgan fingerprint density at radius 1 is 1.06 bits per heavy atom. The Morgan fingerprint density at radius 2 is 1.88 bits per heavy atom. The molecule has 7 heteroatoms. The van der Waals surface area contributed by atoms with Crippen LogP contribution < -0.4 is 5.32 Å². The van der Waals surface area contributed by atoms with E-state index < -0.39 is 0 Å². The van der Waals surface area contributed by atoms with Crippen molar-refractivity contribution in [3.05, 3.63) is 83.9 Å². The van der Waals surface area contributed by atoms with Crippen molar-refractivity contribution in [2.45, 2.75) is 18.5 Å². The number of likely N-dealkylation sites (N-methyl/N-ethyl adjacent to an activating group) is 1. The lowest BCUT2D eigenvalue weighted by molar-refractivity contribution is -0.137. The third-order valence-corrected chi connectivity index (χ3v) is 6.63. The molecule has 0 radical (unpaired) electrons. The Kier molecular flexibility index (Phi) is 5.72. The van der Waals surface area contributed by atoms with Crippen LogP contribution in [0.25, 0.3) is 11.1 Å². The van der Waals surface area contributed by atoms with E-state index in [0.29, 0.717) is 24.3 Å². The van der Waals surface area contributed by atoms with Crippen LogP contribution in [0.1, 0.15) is 34.6 Å². The van der Waals surface area contributed by atoms with Crippen LogP contribution in [-0.2, 0) is 4.79 Å². The summed E-state index contributed by atoms with van der Waals surface area (Å²) in [6.45, 7) is 2.67. The summed E-state index contributed by atoms with van der Waals surface area (Å²) in [7, 11) is 2.08. The first-order valence-electron chi connectivity index (χ1n) is 11.3. The van der Waals surface area contributed by atoms with Gasteiger partial charge in [0.05, 0.1) is 12.1 Å². The minimum absolute atomic E-state index is 0.00243. The molecule has 2 amide bonds. The number of nitrogens with one attached hydrogen (secondary N) is 1. The van der Waals surface area contributed by atoms with Crippen molar-refractivity contribution < 1.29 is 14.0 Å². The van der Waals surface area contributed by atoms with Gasteiger partial charge in [-0.3, -0.25) is 9.59 Å². The molecule has 0 spiro atoms. The second kappa shape index (κ2) is 8.83. The molecule has 1 saturated heterocycles. The predicted molar refractivity (Wildman–Crippen MR) is 124 cm³/mol. The largest absolute Gasteiger partial charge is 0.349 e. The normalized spacial score (nSPS) is 20.9. The molecule has 2 aliphatic heterocycles. The molecule has 3 aromatic rings. The zero-order valence-electron chi connectivity index (χ0n) is 18.6. The third kappa shape index (κ3) is 4.28. The third-order valence-electron chi connectivity index (χ3n) is 6.63. The van der Waals surface area contributed by atoms with Gasteiger partial charge >= 0.3 is 0 Å². The molecule has 1 N–H and O–H groups in total. The highest BCUT2D eigenvalue weighted by atomic mass is 19.1. The summed E-state index contributed by atoms with van der Waals surface area (Å²) in [5.74, 6) is -0.428. The molecule has 170 valence electrons. The Labute approximate surface area is 192 Å². The van der Waals surface area contributed by atoms with Gasteiger partial charge in [0.25, 0.3) is 5.91 Å². The van der Waals surface area contributed by atoms with E-state index in [2.05, 4.69) is 29.4 Å². The summed E-state index contributed by atoms with van der Waals surface area (Å²) in [5.41, 5.74) is 3.10. The van der Waals surface area contributed by atoms with Crippen molar-refractivity contribution in [3.63, 3.8) is 0 Å². The van der Waals surface area contributed by atoms with E-state index in [-0.39, 0.29) is 36.1 Å². The van der Waals surface area contributed by atoms with Crippen LogP contribution in [-0.4, -0.2) is 59.4 Å². The number of halogens is 1. The van der Waals surface area contributed by atoms with Crippen LogP contribution in [0, 0.1) is 5.82 Å². The van der Waals surface area contributed by atoms with Gasteiger partial charge in [0, 0.05) is 44.4 Å². The second-order valence-corrected chi connectivity index (χ2v) is 8.88. The minimum Gasteiger partial charge on any atom is -0.349 e. The highest BCUT2D eigenvalue weighted by molar-refractivity contribution is 5.95. The lowest BCUT2D eigenvalue weighted by Gasteiger charge is -2.41. The first-order valence-corrected chi connectivity index (χ1v) is 11.3. The van der Waals surface area contributed by atoms with Crippen LogP contribution in [0.3, 0.4) is 0 Å². The highest BCUT2D eigenvalue weighted by Crippen LogP contribution is 2.31. The first-order chi connectivity index (χ1) is 16.0. The fourth-order valence-electron chi connectivity index (χ4n) is 4.86. The topological polar surface area (TPSA) is 57.6 Å². The van der Waals surface area contributed by atoms with Gasteiger partial charge in [-0.15, -0.1) is 0 Å². The molecule has 0 saturated carbocycles. The number of carbonyl (C=O) groups is 2. The average molecular weight is 447 g/mol. The smallest absolute Gasteiger partial charge is 0.268 e. The van der Waals surface area contributed by atoms with Crippen LogP contribution in [0.5, 0.6) is 0 Å². The quantitative estimate of drug-likeness (QED) is 0.668. The lowest BCUT2D eigenvalue weighted by atomic mass is 10.0. The molecule has 5 rings (SSSR count). The summed E-state index contributed by atoms with van der Waals surface area (Å²) in [6, 6.07) is 18.0. The molecule has 1 aromatic heterocycles. The Morgan fingerprint density at radius 3 is 2.67 bits per heavy atom. The SMILES string of the molecule is CN1CCN(C(=O)C[C@H]2CNC(=O)c3cc(-c4cccc(F)c4)cn32)[C@@H](c2ccccc2)C1. The number of piperazine rings is 1. The molecule has 0 unspecified atom stereocenters. The predicted octanol–water partition coefficient (Wildman–Crippen LogP) is 3.48. The van der Waals surface area contributed by atoms with E-state index in [0.717, 1.165) is 24.2 Å². The molecule has 1 fully saturated rings. The molecular formula is C26H27FN4O2. The Balaban J connectivity index is 1.40. The summed E-state index contributed by atoms with van der Waals surface area (Å²) in [5, 5.41) is 2.91. The fraction of sp³-hybridized carbons (Fsp3) is 0.308. The number of aromatic nitrogens is 1. The van der Waals surface area contributed by atoms with Gasteiger partial charge in [-0.25, -0.2) is 4.39 Å². The van der Waals surface area contributed by atoms with Crippen LogP contribution in [0.2, 0.25) is 0 Å². The van der Waals surface area contributed by atoms with Crippen molar-refractivity contribution in [1.82, 2.24) is 19.7 Å². The number of carbonyl (C=O) groups excluding carboxylic acids is 2. The summed E-state index contributed by atoms with van der Waals surface area (Å²) in [4.78, 5) is 30.2. The number of rotatable bonds is 4. The molecule has 6 nitrogen and oxygen atoms in total. The van der Waals surface area contributed by atoms with Gasteiger partial charge in [0.15, 0.2) is 0 Å². The van der Waals surface area contributed by atoms with Crippen LogP contribution in [0.15, 0.2) is 66.9 Å². The van der Waals surface area contributed by atoms with Gasteiger partial charge in [-0.2, -0.15) is 0 Å². The van der Waals surface area contributed by atoms with E-state index >= 15 is 0 Å². The molecule has 33 heavy (non-hydrogen) atoms. The van der Waals surface area contributed by atoms with Gasteiger partial charge in [-0.1, -0.05) is 42.5 Å². The number of hydrogen-bond donors (Lipinski definition) is 1. The van der Waals surface area contributed by atoms with Crippen molar-refractivity contribution in [2.24, 2.45) is 0 Å². The van der Waals surface area contributed by atoms with Gasteiger partial charge < -0.3 is 19.7 Å². The van der Waals surface area contributed by atoms with Crippen molar-refractivity contribution >= 4 is 11.8 Å². The number of benzene rings is 2. The lowest BCUT2D eigenvalue weighted by Crippen LogP contribution is -2.50. The van der Waals surface area contributed by atoms with E-state index in [1.54, 1.807) is 12.1 Å². The zero-order chi connectivity index (χ0) is 22.9. The van der Waals surface area contributed by atoms with E-state index in [1.165, 1.54) is 12.1 Å².